The summed E-state index contributed by atoms with van der Waals surface area (Å²) in [5.74, 6) is 0.159. The predicted molar refractivity (Wildman–Crippen MR) is 103 cm³/mol. The molecule has 6 nitrogen and oxygen atoms in total. The Kier molecular flexibility index (Phi) is 8.87. The predicted octanol–water partition coefficient (Wildman–Crippen LogP) is 3.74. The molecule has 1 aliphatic heterocycles. The van der Waals surface area contributed by atoms with Crippen LogP contribution in [0.1, 0.15) is 73.6 Å². The molecule has 6 heteroatoms. The van der Waals surface area contributed by atoms with E-state index < -0.39 is 11.1 Å². The van der Waals surface area contributed by atoms with Gasteiger partial charge in [0, 0.05) is 25.6 Å². The van der Waals surface area contributed by atoms with Gasteiger partial charge in [-0.25, -0.2) is 4.79 Å². The van der Waals surface area contributed by atoms with Crippen LogP contribution in [0.5, 0.6) is 0 Å². The van der Waals surface area contributed by atoms with Crippen molar-refractivity contribution in [3.63, 3.8) is 0 Å². The average Bonchev–Trinajstić information content (AvgIpc) is 2.48. The first-order valence-electron chi connectivity index (χ1n) is 10.0. The van der Waals surface area contributed by atoms with Crippen LogP contribution >= 0.6 is 0 Å². The number of unbranched alkanes of at least 4 members (excludes halogenated alkanes) is 3. The van der Waals surface area contributed by atoms with Crippen LogP contribution in [0.15, 0.2) is 0 Å². The minimum Gasteiger partial charge on any atom is -0.465 e. The van der Waals surface area contributed by atoms with Crippen LogP contribution in [-0.2, 0) is 14.3 Å². The number of amides is 1. The smallest absolute Gasteiger partial charge is 0.410 e. The van der Waals surface area contributed by atoms with Crippen molar-refractivity contribution in [1.29, 1.82) is 0 Å². The molecule has 0 saturated carbocycles. The largest absolute Gasteiger partial charge is 0.465 e. The number of rotatable bonds is 10. The second-order valence-corrected chi connectivity index (χ2v) is 8.50. The third-order valence-corrected chi connectivity index (χ3v) is 4.65. The van der Waals surface area contributed by atoms with Crippen molar-refractivity contribution in [1.82, 2.24) is 10.2 Å². The average molecular weight is 371 g/mol. The molecule has 1 rings (SSSR count). The highest BCUT2D eigenvalue weighted by molar-refractivity contribution is 5.80. The van der Waals surface area contributed by atoms with Crippen LogP contribution in [-0.4, -0.2) is 54.3 Å². The molecule has 1 unspecified atom stereocenters. The zero-order chi connectivity index (χ0) is 19.8. The highest BCUT2D eigenvalue weighted by Crippen LogP contribution is 2.22. The molecule has 1 amide bonds. The molecule has 0 aromatic carbocycles. The molecular formula is C20H38N2O4. The van der Waals surface area contributed by atoms with E-state index in [1.807, 2.05) is 34.6 Å². The number of hydrogen-bond donors (Lipinski definition) is 1. The summed E-state index contributed by atoms with van der Waals surface area (Å²) in [6, 6.07) is 0. The lowest BCUT2D eigenvalue weighted by Crippen LogP contribution is -2.58. The fraction of sp³-hybridized carbons (Fsp3) is 0.900. The lowest BCUT2D eigenvalue weighted by atomic mass is 9.92. The van der Waals surface area contributed by atoms with Crippen LogP contribution < -0.4 is 5.32 Å². The van der Waals surface area contributed by atoms with Crippen molar-refractivity contribution in [3.05, 3.63) is 0 Å². The maximum absolute atomic E-state index is 12.4. The summed E-state index contributed by atoms with van der Waals surface area (Å²) in [6.07, 6.45) is 5.00. The van der Waals surface area contributed by atoms with Crippen molar-refractivity contribution in [3.8, 4) is 0 Å². The first-order valence-corrected chi connectivity index (χ1v) is 10.0. The quantitative estimate of drug-likeness (QED) is 0.469. The molecular weight excluding hydrogens is 332 g/mol. The van der Waals surface area contributed by atoms with Gasteiger partial charge in [-0.3, -0.25) is 4.79 Å². The van der Waals surface area contributed by atoms with Gasteiger partial charge in [0.1, 0.15) is 11.1 Å². The Morgan fingerprint density at radius 3 is 2.27 bits per heavy atom. The topological polar surface area (TPSA) is 67.9 Å². The van der Waals surface area contributed by atoms with Crippen LogP contribution in [0.25, 0.3) is 0 Å². The number of carbonyl (C=O) groups is 2. The Balaban J connectivity index is 2.45. The third kappa shape index (κ3) is 7.52. The van der Waals surface area contributed by atoms with Crippen LogP contribution in [0.2, 0.25) is 0 Å². The van der Waals surface area contributed by atoms with E-state index >= 15 is 0 Å². The fourth-order valence-corrected chi connectivity index (χ4v) is 3.00. The molecule has 0 radical (unpaired) electrons. The summed E-state index contributed by atoms with van der Waals surface area (Å²) in [7, 11) is 0. The minimum absolute atomic E-state index is 0.181. The van der Waals surface area contributed by atoms with E-state index in [9.17, 15) is 9.59 Å². The number of hydrogen-bond acceptors (Lipinski definition) is 5. The first-order chi connectivity index (χ1) is 12.1. The minimum atomic E-state index is -0.657. The summed E-state index contributed by atoms with van der Waals surface area (Å²) in [5.41, 5.74) is -1.13. The summed E-state index contributed by atoms with van der Waals surface area (Å²) >= 11 is 0. The van der Waals surface area contributed by atoms with E-state index in [1.165, 1.54) is 12.8 Å². The van der Waals surface area contributed by atoms with E-state index in [2.05, 4.69) is 12.2 Å². The number of nitrogens with one attached hydrogen (secondary N) is 1. The Morgan fingerprint density at radius 2 is 1.73 bits per heavy atom. The maximum atomic E-state index is 12.4. The monoisotopic (exact) mass is 370 g/mol. The van der Waals surface area contributed by atoms with Crippen LogP contribution in [0, 0.1) is 5.92 Å². The van der Waals surface area contributed by atoms with Gasteiger partial charge in [0.15, 0.2) is 0 Å². The number of carbonyl (C=O) groups excluding carboxylic acids is 2. The van der Waals surface area contributed by atoms with E-state index in [-0.39, 0.29) is 12.1 Å². The van der Waals surface area contributed by atoms with Crippen molar-refractivity contribution in [2.45, 2.75) is 84.8 Å². The van der Waals surface area contributed by atoms with Crippen molar-refractivity contribution in [2.75, 3.05) is 26.2 Å². The van der Waals surface area contributed by atoms with E-state index in [4.69, 9.17) is 9.47 Å². The maximum Gasteiger partial charge on any atom is 0.410 e. The summed E-state index contributed by atoms with van der Waals surface area (Å²) in [6.45, 7) is 14.0. The van der Waals surface area contributed by atoms with E-state index in [0.717, 1.165) is 19.3 Å². The Labute approximate surface area is 159 Å². The van der Waals surface area contributed by atoms with Crippen molar-refractivity contribution < 1.29 is 19.1 Å². The molecule has 0 aliphatic carbocycles. The molecule has 26 heavy (non-hydrogen) atoms. The normalized spacial score (nSPS) is 17.4. The molecule has 1 fully saturated rings. The van der Waals surface area contributed by atoms with Crippen molar-refractivity contribution in [2.24, 2.45) is 5.92 Å². The van der Waals surface area contributed by atoms with Gasteiger partial charge in [-0.1, -0.05) is 32.6 Å². The van der Waals surface area contributed by atoms with Gasteiger partial charge in [-0.2, -0.15) is 0 Å². The number of esters is 1. The molecule has 1 heterocycles. The number of nitrogens with zero attached hydrogens (tertiary/aromatic N) is 1. The zero-order valence-electron chi connectivity index (χ0n) is 17.5. The molecule has 1 aliphatic rings. The molecule has 0 aromatic rings. The Bertz CT molecular complexity index is 455. The molecule has 0 aromatic heterocycles. The summed E-state index contributed by atoms with van der Waals surface area (Å²) in [4.78, 5) is 26.1. The Morgan fingerprint density at radius 1 is 1.08 bits per heavy atom. The standard InChI is InChI=1S/C20H38N2O4/c1-7-9-10-11-12-20(6,17(23)25-8-2)21-13-16-14-22(15-16)18(24)26-19(3,4)5/h16,21H,7-15H2,1-6H3. The Hall–Kier alpha value is -1.30. The molecule has 1 saturated heterocycles. The lowest BCUT2D eigenvalue weighted by Gasteiger charge is -2.41. The fourth-order valence-electron chi connectivity index (χ4n) is 3.00. The number of ether oxygens (including phenoxy) is 2. The van der Waals surface area contributed by atoms with Gasteiger partial charge >= 0.3 is 12.1 Å². The SMILES string of the molecule is CCCCCCC(C)(NCC1CN(C(=O)OC(C)(C)C)C1)C(=O)OCC. The van der Waals surface area contributed by atoms with Gasteiger partial charge in [0.05, 0.1) is 6.61 Å². The van der Waals surface area contributed by atoms with Crippen LogP contribution in [0.3, 0.4) is 0 Å². The van der Waals surface area contributed by atoms with Gasteiger partial charge in [0.25, 0.3) is 0 Å². The van der Waals surface area contributed by atoms with Crippen LogP contribution in [0.4, 0.5) is 4.79 Å². The lowest BCUT2D eigenvalue weighted by molar-refractivity contribution is -0.151. The highest BCUT2D eigenvalue weighted by atomic mass is 16.6. The van der Waals surface area contributed by atoms with E-state index in [1.54, 1.807) is 4.90 Å². The van der Waals surface area contributed by atoms with Gasteiger partial charge in [0.2, 0.25) is 0 Å². The summed E-state index contributed by atoms with van der Waals surface area (Å²) < 4.78 is 10.7. The second-order valence-electron chi connectivity index (χ2n) is 8.50. The second kappa shape index (κ2) is 10.1. The van der Waals surface area contributed by atoms with E-state index in [0.29, 0.717) is 32.2 Å². The van der Waals surface area contributed by atoms with Gasteiger partial charge < -0.3 is 19.7 Å². The van der Waals surface area contributed by atoms with Gasteiger partial charge in [-0.05, 0) is 41.0 Å². The first kappa shape index (κ1) is 22.7. The molecule has 1 atom stereocenters. The molecule has 0 bridgehead atoms. The van der Waals surface area contributed by atoms with Gasteiger partial charge in [-0.15, -0.1) is 0 Å². The third-order valence-electron chi connectivity index (χ3n) is 4.65. The number of likely N-dealkylation sites (tertiary alicyclic amines) is 1. The molecule has 152 valence electrons. The van der Waals surface area contributed by atoms with Crippen molar-refractivity contribution >= 4 is 12.1 Å². The molecule has 1 N–H and O–H groups in total. The summed E-state index contributed by atoms with van der Waals surface area (Å²) in [5, 5.41) is 3.41. The molecule has 0 spiro atoms. The zero-order valence-corrected chi connectivity index (χ0v) is 17.5. The highest BCUT2D eigenvalue weighted by Gasteiger charge is 2.38.